The van der Waals surface area contributed by atoms with Gasteiger partial charge in [0.15, 0.2) is 0 Å². The van der Waals surface area contributed by atoms with E-state index in [1.807, 2.05) is 0 Å². The molecule has 1 aromatic rings. The summed E-state index contributed by atoms with van der Waals surface area (Å²) in [6, 6.07) is 3.24. The van der Waals surface area contributed by atoms with Gasteiger partial charge in [0.05, 0.1) is 6.61 Å². The summed E-state index contributed by atoms with van der Waals surface area (Å²) < 4.78 is 0. The van der Waals surface area contributed by atoms with Gasteiger partial charge in [0, 0.05) is 11.9 Å². The van der Waals surface area contributed by atoms with E-state index in [-0.39, 0.29) is 12.4 Å². The van der Waals surface area contributed by atoms with Gasteiger partial charge in [-0.25, -0.2) is 4.98 Å². The van der Waals surface area contributed by atoms with Gasteiger partial charge in [0.2, 0.25) is 0 Å². The van der Waals surface area contributed by atoms with Crippen molar-refractivity contribution in [3.63, 3.8) is 0 Å². The quantitative estimate of drug-likeness (QED) is 0.663. The normalized spacial score (nSPS) is 9.91. The van der Waals surface area contributed by atoms with Crippen molar-refractivity contribution < 1.29 is 10.2 Å². The molecule has 2 N–H and O–H groups in total. The third-order valence-corrected chi connectivity index (χ3v) is 2.06. The molecule has 0 saturated carbocycles. The Morgan fingerprint density at radius 3 is 3.00 bits per heavy atom. The zero-order valence-corrected chi connectivity index (χ0v) is 6.71. The number of aromatic hydroxyl groups is 1. The maximum absolute atomic E-state index is 9.17. The van der Waals surface area contributed by atoms with Crippen molar-refractivity contribution >= 4 is 11.8 Å². The molecule has 4 heteroatoms. The monoisotopic (exact) mass is 171 g/mol. The molecule has 0 unspecified atom stereocenters. The molecule has 0 amide bonds. The zero-order chi connectivity index (χ0) is 8.10. The Balaban J connectivity index is 2.62. The predicted octanol–water partition coefficient (Wildman–Crippen LogP) is 0.872. The topological polar surface area (TPSA) is 53.4 Å². The van der Waals surface area contributed by atoms with Crippen LogP contribution in [0.2, 0.25) is 0 Å². The molecule has 0 saturated heterocycles. The summed E-state index contributed by atoms with van der Waals surface area (Å²) in [4.78, 5) is 3.92. The van der Waals surface area contributed by atoms with Gasteiger partial charge in [0.25, 0.3) is 0 Å². The molecule has 1 rings (SSSR count). The summed E-state index contributed by atoms with van der Waals surface area (Å²) in [5, 5.41) is 18.2. The Morgan fingerprint density at radius 1 is 1.55 bits per heavy atom. The maximum Gasteiger partial charge on any atom is 0.147 e. The molecule has 11 heavy (non-hydrogen) atoms. The van der Waals surface area contributed by atoms with Crippen molar-refractivity contribution in [2.75, 3.05) is 12.4 Å². The fraction of sp³-hybridized carbons (Fsp3) is 0.286. The Hall–Kier alpha value is -0.740. The van der Waals surface area contributed by atoms with Crippen molar-refractivity contribution in [1.82, 2.24) is 4.98 Å². The molecule has 0 aromatic carbocycles. The highest BCUT2D eigenvalue weighted by atomic mass is 32.2. The fourth-order valence-electron chi connectivity index (χ4n) is 0.636. The first-order valence-electron chi connectivity index (χ1n) is 3.22. The van der Waals surface area contributed by atoms with E-state index in [1.165, 1.54) is 11.8 Å². The second-order valence-electron chi connectivity index (χ2n) is 1.90. The molecule has 0 spiro atoms. The van der Waals surface area contributed by atoms with Crippen LogP contribution in [-0.2, 0) is 0 Å². The second kappa shape index (κ2) is 4.20. The van der Waals surface area contributed by atoms with E-state index < -0.39 is 0 Å². The largest absolute Gasteiger partial charge is 0.505 e. The molecule has 0 aliphatic heterocycles. The van der Waals surface area contributed by atoms with Crippen molar-refractivity contribution in [2.24, 2.45) is 0 Å². The highest BCUT2D eigenvalue weighted by Gasteiger charge is 1.99. The predicted molar refractivity (Wildman–Crippen MR) is 43.7 cm³/mol. The van der Waals surface area contributed by atoms with Crippen molar-refractivity contribution in [3.05, 3.63) is 18.3 Å². The third-order valence-electron chi connectivity index (χ3n) is 1.08. The number of aliphatic hydroxyl groups excluding tert-OH is 1. The van der Waals surface area contributed by atoms with Gasteiger partial charge in [-0.2, -0.15) is 0 Å². The minimum Gasteiger partial charge on any atom is -0.505 e. The molecular formula is C7H9NO2S. The Labute approximate surface area is 69.1 Å². The van der Waals surface area contributed by atoms with Crippen LogP contribution in [0.4, 0.5) is 0 Å². The van der Waals surface area contributed by atoms with Crippen molar-refractivity contribution in [3.8, 4) is 5.75 Å². The fourth-order valence-corrected chi connectivity index (χ4v) is 1.27. The molecule has 1 heterocycles. The lowest BCUT2D eigenvalue weighted by Crippen LogP contribution is -1.87. The number of rotatable bonds is 3. The maximum atomic E-state index is 9.17. The number of aliphatic hydroxyl groups is 1. The first-order valence-corrected chi connectivity index (χ1v) is 4.21. The number of hydrogen-bond donors (Lipinski definition) is 2. The summed E-state index contributed by atoms with van der Waals surface area (Å²) in [7, 11) is 0. The van der Waals surface area contributed by atoms with Gasteiger partial charge in [-0.15, -0.1) is 11.8 Å². The molecule has 0 atom stereocenters. The molecule has 3 nitrogen and oxygen atoms in total. The smallest absolute Gasteiger partial charge is 0.147 e. The van der Waals surface area contributed by atoms with Crippen molar-refractivity contribution in [2.45, 2.75) is 5.03 Å². The molecular weight excluding hydrogens is 162 g/mol. The van der Waals surface area contributed by atoms with Gasteiger partial charge in [-0.1, -0.05) is 0 Å². The van der Waals surface area contributed by atoms with Crippen LogP contribution < -0.4 is 0 Å². The van der Waals surface area contributed by atoms with E-state index in [0.717, 1.165) is 0 Å². The highest BCUT2D eigenvalue weighted by Crippen LogP contribution is 2.24. The molecule has 0 radical (unpaired) electrons. The first kappa shape index (κ1) is 8.36. The third kappa shape index (κ3) is 2.40. The number of thioether (sulfide) groups is 1. The van der Waals surface area contributed by atoms with E-state index in [0.29, 0.717) is 10.8 Å². The van der Waals surface area contributed by atoms with Gasteiger partial charge in [-0.05, 0) is 12.1 Å². The van der Waals surface area contributed by atoms with E-state index in [2.05, 4.69) is 4.98 Å². The molecule has 0 bridgehead atoms. The Morgan fingerprint density at radius 2 is 2.36 bits per heavy atom. The Bertz CT molecular complexity index is 229. The average Bonchev–Trinajstić information content (AvgIpc) is 2.03. The summed E-state index contributed by atoms with van der Waals surface area (Å²) in [6.07, 6.45) is 1.61. The molecule has 0 fully saturated rings. The zero-order valence-electron chi connectivity index (χ0n) is 5.90. The minimum atomic E-state index is 0.0979. The number of pyridine rings is 1. The number of hydrogen-bond acceptors (Lipinski definition) is 4. The summed E-state index contributed by atoms with van der Waals surface area (Å²) >= 11 is 1.34. The molecule has 0 aliphatic carbocycles. The lowest BCUT2D eigenvalue weighted by Gasteiger charge is -1.99. The summed E-state index contributed by atoms with van der Waals surface area (Å²) in [5.41, 5.74) is 0. The first-order chi connectivity index (χ1) is 5.34. The van der Waals surface area contributed by atoms with E-state index in [9.17, 15) is 5.11 Å². The van der Waals surface area contributed by atoms with E-state index in [1.54, 1.807) is 18.3 Å². The molecule has 60 valence electrons. The number of aromatic nitrogens is 1. The average molecular weight is 171 g/mol. The van der Waals surface area contributed by atoms with Crippen LogP contribution in [0.15, 0.2) is 23.4 Å². The van der Waals surface area contributed by atoms with Crippen LogP contribution in [0.5, 0.6) is 5.75 Å². The Kier molecular flexibility index (Phi) is 3.19. The van der Waals surface area contributed by atoms with Gasteiger partial charge in [-0.3, -0.25) is 0 Å². The lowest BCUT2D eigenvalue weighted by molar-refractivity contribution is 0.322. The molecule has 1 aromatic heterocycles. The van der Waals surface area contributed by atoms with E-state index in [4.69, 9.17) is 5.11 Å². The van der Waals surface area contributed by atoms with E-state index >= 15 is 0 Å². The van der Waals surface area contributed by atoms with Crippen LogP contribution in [0.3, 0.4) is 0 Å². The van der Waals surface area contributed by atoms with Crippen LogP contribution in [0, 0.1) is 0 Å². The molecule has 0 aliphatic rings. The lowest BCUT2D eigenvalue weighted by atomic mass is 10.5. The van der Waals surface area contributed by atoms with Crippen LogP contribution >= 0.6 is 11.8 Å². The second-order valence-corrected chi connectivity index (χ2v) is 2.98. The van der Waals surface area contributed by atoms with Crippen molar-refractivity contribution in [1.29, 1.82) is 0 Å². The minimum absolute atomic E-state index is 0.0979. The standard InChI is InChI=1S/C7H9NO2S/c9-4-5-11-7-6(10)2-1-3-8-7/h1-3,9-10H,4-5H2. The highest BCUT2D eigenvalue weighted by molar-refractivity contribution is 7.99. The van der Waals surface area contributed by atoms with Crippen LogP contribution in [-0.4, -0.2) is 27.6 Å². The SMILES string of the molecule is OCCSc1ncccc1O. The van der Waals surface area contributed by atoms with Crippen LogP contribution in [0.1, 0.15) is 0 Å². The van der Waals surface area contributed by atoms with Gasteiger partial charge < -0.3 is 10.2 Å². The summed E-state index contributed by atoms with van der Waals surface area (Å²) in [5.74, 6) is 0.732. The van der Waals surface area contributed by atoms with Gasteiger partial charge >= 0.3 is 0 Å². The van der Waals surface area contributed by atoms with Crippen LogP contribution in [0.25, 0.3) is 0 Å². The van der Waals surface area contributed by atoms with Gasteiger partial charge in [0.1, 0.15) is 10.8 Å². The number of nitrogens with zero attached hydrogens (tertiary/aromatic N) is 1. The summed E-state index contributed by atoms with van der Waals surface area (Å²) in [6.45, 7) is 0.0979.